The van der Waals surface area contributed by atoms with Crippen molar-refractivity contribution in [1.82, 2.24) is 19.2 Å². The van der Waals surface area contributed by atoms with Crippen LogP contribution >= 0.6 is 15.9 Å². The molecule has 5 aromatic rings. The first kappa shape index (κ1) is 19.8. The van der Waals surface area contributed by atoms with E-state index in [-0.39, 0.29) is 27.9 Å². The molecule has 0 unspecified atom stereocenters. The quantitative estimate of drug-likeness (QED) is 0.396. The number of pyridine rings is 1. The molecule has 5 rings (SSSR count). The van der Waals surface area contributed by atoms with Crippen molar-refractivity contribution in [3.8, 4) is 17.6 Å². The zero-order valence-electron chi connectivity index (χ0n) is 16.6. The van der Waals surface area contributed by atoms with Crippen molar-refractivity contribution in [1.29, 1.82) is 5.26 Å². The molecule has 0 spiro atoms. The number of H-pyrrole nitrogens is 1. The van der Waals surface area contributed by atoms with Crippen LogP contribution < -0.4 is 16.3 Å². The first-order valence-electron chi connectivity index (χ1n) is 9.56. The van der Waals surface area contributed by atoms with Crippen LogP contribution in [0.3, 0.4) is 0 Å². The van der Waals surface area contributed by atoms with Crippen molar-refractivity contribution in [3.05, 3.63) is 95.6 Å². The van der Waals surface area contributed by atoms with Gasteiger partial charge in [-0.05, 0) is 48.9 Å². The van der Waals surface area contributed by atoms with Crippen LogP contribution in [0.1, 0.15) is 16.7 Å². The molecule has 0 aliphatic rings. The van der Waals surface area contributed by atoms with Crippen LogP contribution in [0.4, 0.5) is 0 Å². The summed E-state index contributed by atoms with van der Waals surface area (Å²) in [5, 5.41) is 23.2. The van der Waals surface area contributed by atoms with E-state index in [1.807, 2.05) is 6.07 Å². The lowest BCUT2D eigenvalue weighted by Gasteiger charge is -2.05. The van der Waals surface area contributed by atoms with Gasteiger partial charge >= 0.3 is 0 Å². The van der Waals surface area contributed by atoms with Crippen molar-refractivity contribution in [2.75, 3.05) is 0 Å². The van der Waals surface area contributed by atoms with Gasteiger partial charge in [-0.15, -0.1) is 0 Å². The average Bonchev–Trinajstić information content (AvgIpc) is 3.29. The minimum absolute atomic E-state index is 0.0853. The molecule has 0 amide bonds. The molecule has 0 fully saturated rings. The van der Waals surface area contributed by atoms with Gasteiger partial charge < -0.3 is 5.11 Å². The van der Waals surface area contributed by atoms with E-state index in [4.69, 9.17) is 0 Å². The number of halogens is 1. The highest BCUT2D eigenvalue weighted by atomic mass is 79.9. The lowest BCUT2D eigenvalue weighted by Crippen LogP contribution is -2.34. The molecule has 32 heavy (non-hydrogen) atoms. The Hall–Kier alpha value is -4.16. The van der Waals surface area contributed by atoms with Gasteiger partial charge in [-0.25, -0.2) is 9.67 Å². The predicted octanol–water partition coefficient (Wildman–Crippen LogP) is 2.52. The molecule has 156 valence electrons. The second-order valence-electron chi connectivity index (χ2n) is 7.23. The summed E-state index contributed by atoms with van der Waals surface area (Å²) in [4.78, 5) is 30.5. The summed E-state index contributed by atoms with van der Waals surface area (Å²) in [5.41, 5.74) is 1.46. The fourth-order valence-electron chi connectivity index (χ4n) is 3.80. The third kappa shape index (κ3) is 2.85. The van der Waals surface area contributed by atoms with Crippen LogP contribution in [0, 0.1) is 18.3 Å². The maximum absolute atomic E-state index is 13.4. The van der Waals surface area contributed by atoms with Crippen LogP contribution in [0.5, 0.6) is 5.88 Å². The molecule has 0 saturated carbocycles. The Morgan fingerprint density at radius 3 is 2.72 bits per heavy atom. The molecule has 0 saturated heterocycles. The standard InChI is InChI=1S/C23H14BrN5O3/c1-12-15(10-16-21(30)27-29(23(16)32)14-6-4-5-13(24)9-14)22(31)28-19-8-3-2-7-18(19)26-20(28)17(12)11-25/h2-10,32H,1H3,(H,27,30)/b15-10-. The maximum atomic E-state index is 13.4. The number of para-hydroxylation sites is 2. The summed E-state index contributed by atoms with van der Waals surface area (Å²) in [6.45, 7) is 1.63. The zero-order chi connectivity index (χ0) is 22.6. The van der Waals surface area contributed by atoms with Crippen molar-refractivity contribution in [2.24, 2.45) is 0 Å². The van der Waals surface area contributed by atoms with Crippen molar-refractivity contribution >= 4 is 38.7 Å². The lowest BCUT2D eigenvalue weighted by atomic mass is 10.1. The second-order valence-corrected chi connectivity index (χ2v) is 8.14. The molecule has 0 radical (unpaired) electrons. The number of aromatic amines is 1. The molecular weight excluding hydrogens is 474 g/mol. The van der Waals surface area contributed by atoms with Gasteiger partial charge in [0, 0.05) is 9.69 Å². The van der Waals surface area contributed by atoms with E-state index in [1.165, 1.54) is 15.2 Å². The fraction of sp³-hybridized carbons (Fsp3) is 0.0435. The van der Waals surface area contributed by atoms with Gasteiger partial charge in [0.2, 0.25) is 5.88 Å². The number of fused-ring (bicyclic) bond motifs is 3. The highest BCUT2D eigenvalue weighted by molar-refractivity contribution is 9.10. The molecule has 0 atom stereocenters. The van der Waals surface area contributed by atoms with E-state index in [1.54, 1.807) is 49.4 Å². The Morgan fingerprint density at radius 2 is 1.97 bits per heavy atom. The first-order chi connectivity index (χ1) is 15.4. The molecule has 0 bridgehead atoms. The minimum Gasteiger partial charge on any atom is -0.493 e. The number of aromatic hydroxyl groups is 1. The van der Waals surface area contributed by atoms with Gasteiger partial charge in [-0.3, -0.25) is 19.1 Å². The van der Waals surface area contributed by atoms with Gasteiger partial charge in [-0.1, -0.05) is 34.1 Å². The van der Waals surface area contributed by atoms with Crippen molar-refractivity contribution < 1.29 is 5.11 Å². The Morgan fingerprint density at radius 1 is 1.19 bits per heavy atom. The van der Waals surface area contributed by atoms with Crippen LogP contribution in [0.15, 0.2) is 62.6 Å². The third-order valence-corrected chi connectivity index (χ3v) is 5.87. The number of rotatable bonds is 2. The van der Waals surface area contributed by atoms with Gasteiger partial charge in [0.1, 0.15) is 11.6 Å². The molecule has 9 heteroatoms. The first-order valence-corrected chi connectivity index (χ1v) is 10.4. The van der Waals surface area contributed by atoms with Crippen LogP contribution in [-0.4, -0.2) is 24.3 Å². The predicted molar refractivity (Wildman–Crippen MR) is 123 cm³/mol. The Labute approximate surface area is 188 Å². The lowest BCUT2D eigenvalue weighted by molar-refractivity contribution is 0.432. The van der Waals surface area contributed by atoms with E-state index in [0.29, 0.717) is 22.3 Å². The highest BCUT2D eigenvalue weighted by Crippen LogP contribution is 2.22. The fourth-order valence-corrected chi connectivity index (χ4v) is 4.19. The van der Waals surface area contributed by atoms with Crippen LogP contribution in [0.25, 0.3) is 28.4 Å². The van der Waals surface area contributed by atoms with Crippen molar-refractivity contribution in [3.63, 3.8) is 0 Å². The number of hydrogen-bond donors (Lipinski definition) is 2. The van der Waals surface area contributed by atoms with Gasteiger partial charge in [0.05, 0.1) is 22.3 Å². The summed E-state index contributed by atoms with van der Waals surface area (Å²) in [5.74, 6) is -0.346. The van der Waals surface area contributed by atoms with E-state index in [9.17, 15) is 20.0 Å². The van der Waals surface area contributed by atoms with E-state index in [2.05, 4.69) is 32.1 Å². The molecular formula is C23H14BrN5O3. The van der Waals surface area contributed by atoms with E-state index in [0.717, 1.165) is 4.47 Å². The molecule has 0 aliphatic heterocycles. The Balaban J connectivity index is 1.86. The number of imidazole rings is 1. The maximum Gasteiger partial charge on any atom is 0.275 e. The number of nitrogens with zero attached hydrogens (tertiary/aromatic N) is 4. The number of nitriles is 1. The van der Waals surface area contributed by atoms with Crippen molar-refractivity contribution in [2.45, 2.75) is 6.92 Å². The SMILES string of the molecule is Cc1c(C#N)c2nc3ccccc3n2c(=O)/c1=C\c1c(O)n(-c2cccc(Br)c2)[nH]c1=O. The molecule has 0 aliphatic carbocycles. The van der Waals surface area contributed by atoms with E-state index < -0.39 is 11.1 Å². The van der Waals surface area contributed by atoms with E-state index >= 15 is 0 Å². The number of nitrogens with one attached hydrogen (secondary N) is 1. The third-order valence-electron chi connectivity index (χ3n) is 5.37. The molecule has 8 nitrogen and oxygen atoms in total. The van der Waals surface area contributed by atoms with Gasteiger partial charge in [-0.2, -0.15) is 5.26 Å². The smallest absolute Gasteiger partial charge is 0.275 e. The second kappa shape index (κ2) is 7.21. The summed E-state index contributed by atoms with van der Waals surface area (Å²) in [6, 6.07) is 16.2. The normalized spacial score (nSPS) is 12.0. The summed E-state index contributed by atoms with van der Waals surface area (Å²) in [7, 11) is 0. The van der Waals surface area contributed by atoms with Crippen LogP contribution in [0.2, 0.25) is 0 Å². The Bertz CT molecular complexity index is 1770. The summed E-state index contributed by atoms with van der Waals surface area (Å²) in [6.07, 6.45) is 1.31. The van der Waals surface area contributed by atoms with Gasteiger partial charge in [0.25, 0.3) is 11.1 Å². The molecule has 3 heterocycles. The minimum atomic E-state index is -0.574. The number of benzene rings is 2. The summed E-state index contributed by atoms with van der Waals surface area (Å²) >= 11 is 3.36. The molecule has 2 aromatic carbocycles. The largest absolute Gasteiger partial charge is 0.493 e. The summed E-state index contributed by atoms with van der Waals surface area (Å²) < 4.78 is 3.36. The number of aromatic nitrogens is 4. The average molecular weight is 488 g/mol. The van der Waals surface area contributed by atoms with Gasteiger partial charge in [0.15, 0.2) is 5.65 Å². The highest BCUT2D eigenvalue weighted by Gasteiger charge is 2.18. The zero-order valence-corrected chi connectivity index (χ0v) is 18.2. The monoisotopic (exact) mass is 487 g/mol. The number of hydrogen-bond acceptors (Lipinski definition) is 5. The van der Waals surface area contributed by atoms with Crippen LogP contribution in [-0.2, 0) is 0 Å². The Kier molecular flexibility index (Phi) is 4.46. The molecule has 2 N–H and O–H groups in total. The molecule has 3 aromatic heterocycles. The topological polar surface area (TPSA) is 116 Å².